The van der Waals surface area contributed by atoms with E-state index in [1.165, 1.54) is 5.69 Å². The van der Waals surface area contributed by atoms with E-state index in [1.54, 1.807) is 0 Å². The fraction of sp³-hybridized carbons (Fsp3) is 0.650. The predicted octanol–water partition coefficient (Wildman–Crippen LogP) is 2.24. The third-order valence-corrected chi connectivity index (χ3v) is 5.27. The van der Waals surface area contributed by atoms with Gasteiger partial charge in [0.05, 0.1) is 0 Å². The van der Waals surface area contributed by atoms with Crippen molar-refractivity contribution in [1.29, 1.82) is 0 Å². The summed E-state index contributed by atoms with van der Waals surface area (Å²) in [4.78, 5) is 21.6. The van der Waals surface area contributed by atoms with E-state index in [-0.39, 0.29) is 6.03 Å². The van der Waals surface area contributed by atoms with Crippen LogP contribution in [-0.2, 0) is 0 Å². The average Bonchev–Trinajstić information content (AvgIpc) is 2.63. The molecule has 2 saturated heterocycles. The lowest BCUT2D eigenvalue weighted by molar-refractivity contribution is 0.138. The monoisotopic (exact) mass is 359 g/mol. The lowest BCUT2D eigenvalue weighted by Crippen LogP contribution is -2.50. The highest BCUT2D eigenvalue weighted by atomic mass is 16.2. The number of rotatable bonds is 4. The lowest BCUT2D eigenvalue weighted by atomic mass is 10.2. The number of urea groups is 1. The SMILES string of the molecule is CC(C)CN1CCN(C(=O)Nc2ccc(N3CCN(C)CC3)cc2)CC1. The fourth-order valence-electron chi connectivity index (χ4n) is 3.67. The maximum Gasteiger partial charge on any atom is 0.321 e. The number of amides is 2. The number of carbonyl (C=O) groups excluding carboxylic acids is 1. The number of nitrogens with zero attached hydrogens (tertiary/aromatic N) is 4. The topological polar surface area (TPSA) is 42.1 Å². The molecule has 0 spiro atoms. The Balaban J connectivity index is 1.47. The van der Waals surface area contributed by atoms with Gasteiger partial charge in [-0.05, 0) is 37.2 Å². The van der Waals surface area contributed by atoms with Crippen LogP contribution in [0.15, 0.2) is 24.3 Å². The molecule has 2 fully saturated rings. The molecule has 2 aliphatic rings. The number of anilines is 2. The molecule has 0 saturated carbocycles. The summed E-state index contributed by atoms with van der Waals surface area (Å²) in [6.07, 6.45) is 0. The molecule has 1 aromatic carbocycles. The lowest BCUT2D eigenvalue weighted by Gasteiger charge is -2.35. The largest absolute Gasteiger partial charge is 0.369 e. The van der Waals surface area contributed by atoms with Crippen molar-refractivity contribution in [3.63, 3.8) is 0 Å². The standard InChI is InChI=1S/C20H33N5O/c1-17(2)16-23-10-14-25(15-11-23)20(26)21-18-4-6-19(7-5-18)24-12-8-22(3)9-13-24/h4-7,17H,8-16H2,1-3H3,(H,21,26). The molecule has 0 atom stereocenters. The van der Waals surface area contributed by atoms with Gasteiger partial charge in [-0.15, -0.1) is 0 Å². The van der Waals surface area contributed by atoms with Crippen LogP contribution in [0.2, 0.25) is 0 Å². The minimum absolute atomic E-state index is 0.0153. The molecule has 6 heteroatoms. The van der Waals surface area contributed by atoms with E-state index < -0.39 is 0 Å². The van der Waals surface area contributed by atoms with Crippen molar-refractivity contribution in [3.8, 4) is 0 Å². The second-order valence-corrected chi connectivity index (χ2v) is 7.95. The normalized spacial score (nSPS) is 19.8. The highest BCUT2D eigenvalue weighted by Gasteiger charge is 2.21. The fourth-order valence-corrected chi connectivity index (χ4v) is 3.67. The number of nitrogens with one attached hydrogen (secondary N) is 1. The van der Waals surface area contributed by atoms with E-state index in [0.29, 0.717) is 5.92 Å². The van der Waals surface area contributed by atoms with Crippen LogP contribution < -0.4 is 10.2 Å². The summed E-state index contributed by atoms with van der Waals surface area (Å²) in [7, 11) is 2.17. The molecule has 2 heterocycles. The van der Waals surface area contributed by atoms with Gasteiger partial charge in [0.25, 0.3) is 0 Å². The van der Waals surface area contributed by atoms with Crippen LogP contribution in [0.25, 0.3) is 0 Å². The minimum Gasteiger partial charge on any atom is -0.369 e. The predicted molar refractivity (Wildman–Crippen MR) is 108 cm³/mol. The first kappa shape index (κ1) is 19.0. The molecule has 6 nitrogen and oxygen atoms in total. The molecule has 0 bridgehead atoms. The Bertz CT molecular complexity index is 572. The van der Waals surface area contributed by atoms with Gasteiger partial charge in [-0.2, -0.15) is 0 Å². The Hall–Kier alpha value is -1.79. The summed E-state index contributed by atoms with van der Waals surface area (Å²) >= 11 is 0. The minimum atomic E-state index is 0.0153. The van der Waals surface area contributed by atoms with Gasteiger partial charge in [0.1, 0.15) is 0 Å². The molecule has 144 valence electrons. The molecule has 1 N–H and O–H groups in total. The van der Waals surface area contributed by atoms with E-state index in [4.69, 9.17) is 0 Å². The smallest absolute Gasteiger partial charge is 0.321 e. The number of carbonyl (C=O) groups is 1. The maximum atomic E-state index is 12.5. The molecule has 2 amide bonds. The van der Waals surface area contributed by atoms with Crippen molar-refractivity contribution in [2.24, 2.45) is 5.92 Å². The molecular formula is C20H33N5O. The number of likely N-dealkylation sites (N-methyl/N-ethyl adjacent to an activating group) is 1. The van der Waals surface area contributed by atoms with Crippen molar-refractivity contribution >= 4 is 17.4 Å². The second-order valence-electron chi connectivity index (χ2n) is 7.95. The van der Waals surface area contributed by atoms with Crippen LogP contribution in [0.1, 0.15) is 13.8 Å². The number of hydrogen-bond donors (Lipinski definition) is 1. The third kappa shape index (κ3) is 5.11. The van der Waals surface area contributed by atoms with Crippen molar-refractivity contribution in [2.45, 2.75) is 13.8 Å². The van der Waals surface area contributed by atoms with Crippen LogP contribution in [0, 0.1) is 5.92 Å². The Morgan fingerprint density at radius 3 is 2.15 bits per heavy atom. The number of piperazine rings is 2. The summed E-state index contributed by atoms with van der Waals surface area (Å²) in [5.74, 6) is 0.675. The first-order valence-electron chi connectivity index (χ1n) is 9.83. The van der Waals surface area contributed by atoms with E-state index >= 15 is 0 Å². The molecule has 0 aromatic heterocycles. The first-order chi connectivity index (χ1) is 12.5. The van der Waals surface area contributed by atoms with Gasteiger partial charge in [0.15, 0.2) is 0 Å². The van der Waals surface area contributed by atoms with Gasteiger partial charge in [-0.1, -0.05) is 13.8 Å². The Morgan fingerprint density at radius 1 is 0.962 bits per heavy atom. The van der Waals surface area contributed by atoms with Crippen LogP contribution in [0.3, 0.4) is 0 Å². The van der Waals surface area contributed by atoms with Crippen molar-refractivity contribution in [1.82, 2.24) is 14.7 Å². The molecule has 0 aliphatic carbocycles. The Morgan fingerprint density at radius 2 is 1.58 bits per heavy atom. The second kappa shape index (κ2) is 8.73. The summed E-state index contributed by atoms with van der Waals surface area (Å²) in [6.45, 7) is 13.4. The van der Waals surface area contributed by atoms with Crippen LogP contribution in [0.4, 0.5) is 16.2 Å². The van der Waals surface area contributed by atoms with Gasteiger partial charge in [-0.25, -0.2) is 4.79 Å². The van der Waals surface area contributed by atoms with E-state index in [9.17, 15) is 4.79 Å². The molecule has 26 heavy (non-hydrogen) atoms. The van der Waals surface area contributed by atoms with E-state index in [2.05, 4.69) is 53.0 Å². The van der Waals surface area contributed by atoms with Crippen LogP contribution in [-0.4, -0.2) is 86.7 Å². The molecular weight excluding hydrogens is 326 g/mol. The molecule has 0 radical (unpaired) electrons. The quantitative estimate of drug-likeness (QED) is 0.895. The van der Waals surface area contributed by atoms with Gasteiger partial charge in [0, 0.05) is 70.3 Å². The molecule has 0 unspecified atom stereocenters. The van der Waals surface area contributed by atoms with Crippen molar-refractivity contribution in [2.75, 3.05) is 76.2 Å². The maximum absolute atomic E-state index is 12.5. The number of hydrogen-bond acceptors (Lipinski definition) is 4. The number of benzene rings is 1. The van der Waals surface area contributed by atoms with Gasteiger partial charge in [0.2, 0.25) is 0 Å². The van der Waals surface area contributed by atoms with Crippen LogP contribution >= 0.6 is 0 Å². The van der Waals surface area contributed by atoms with Gasteiger partial charge < -0.3 is 20.0 Å². The zero-order valence-corrected chi connectivity index (χ0v) is 16.4. The van der Waals surface area contributed by atoms with Gasteiger partial charge in [-0.3, -0.25) is 4.90 Å². The third-order valence-electron chi connectivity index (χ3n) is 5.27. The molecule has 3 rings (SSSR count). The average molecular weight is 360 g/mol. The zero-order chi connectivity index (χ0) is 18.5. The zero-order valence-electron chi connectivity index (χ0n) is 16.4. The Labute approximate surface area is 157 Å². The van der Waals surface area contributed by atoms with Gasteiger partial charge >= 0.3 is 6.03 Å². The molecule has 1 aromatic rings. The highest BCUT2D eigenvalue weighted by Crippen LogP contribution is 2.19. The first-order valence-corrected chi connectivity index (χ1v) is 9.83. The summed E-state index contributed by atoms with van der Waals surface area (Å²) in [5, 5.41) is 3.05. The summed E-state index contributed by atoms with van der Waals surface area (Å²) < 4.78 is 0. The van der Waals surface area contributed by atoms with Crippen molar-refractivity contribution < 1.29 is 4.79 Å². The van der Waals surface area contributed by atoms with Crippen molar-refractivity contribution in [3.05, 3.63) is 24.3 Å². The van der Waals surface area contributed by atoms with E-state index in [1.807, 2.05) is 17.0 Å². The molecule has 2 aliphatic heterocycles. The Kier molecular flexibility index (Phi) is 6.38. The summed E-state index contributed by atoms with van der Waals surface area (Å²) in [6, 6.07) is 8.27. The highest BCUT2D eigenvalue weighted by molar-refractivity contribution is 5.89. The van der Waals surface area contributed by atoms with Crippen LogP contribution in [0.5, 0.6) is 0 Å². The van der Waals surface area contributed by atoms with E-state index in [0.717, 1.165) is 64.6 Å². The summed E-state index contributed by atoms with van der Waals surface area (Å²) in [5.41, 5.74) is 2.11.